The van der Waals surface area contributed by atoms with Crippen molar-refractivity contribution in [1.82, 2.24) is 20.2 Å². The largest absolute Gasteiger partial charge is 0.492 e. The summed E-state index contributed by atoms with van der Waals surface area (Å²) in [5.41, 5.74) is 0.916. The average molecular weight is 406 g/mol. The van der Waals surface area contributed by atoms with Gasteiger partial charge in [-0.1, -0.05) is 24.3 Å². The van der Waals surface area contributed by atoms with E-state index in [0.29, 0.717) is 42.4 Å². The molecular weight excluding hydrogens is 380 g/mol. The molecule has 30 heavy (non-hydrogen) atoms. The van der Waals surface area contributed by atoms with Crippen LogP contribution in [0.15, 0.2) is 48.7 Å². The Hall–Kier alpha value is -3.22. The summed E-state index contributed by atoms with van der Waals surface area (Å²) >= 11 is 0. The highest BCUT2D eigenvalue weighted by Gasteiger charge is 2.35. The zero-order valence-electron chi connectivity index (χ0n) is 17.1. The fourth-order valence-corrected chi connectivity index (χ4v) is 4.11. The van der Waals surface area contributed by atoms with Crippen molar-refractivity contribution in [2.75, 3.05) is 13.2 Å². The number of rotatable bonds is 1. The molecule has 0 aliphatic carbocycles. The third-order valence-corrected chi connectivity index (χ3v) is 5.57. The van der Waals surface area contributed by atoms with Crippen molar-refractivity contribution in [2.24, 2.45) is 0 Å². The summed E-state index contributed by atoms with van der Waals surface area (Å²) in [6.45, 7) is 2.92. The molecule has 0 radical (unpaired) electrons. The van der Waals surface area contributed by atoms with Crippen LogP contribution in [0, 0.1) is 6.92 Å². The Morgan fingerprint density at radius 1 is 1.23 bits per heavy atom. The summed E-state index contributed by atoms with van der Waals surface area (Å²) < 4.78 is 5.80. The zero-order valence-corrected chi connectivity index (χ0v) is 17.1. The van der Waals surface area contributed by atoms with Crippen molar-refractivity contribution in [3.05, 3.63) is 65.8 Å². The van der Waals surface area contributed by atoms with Crippen molar-refractivity contribution >= 4 is 11.8 Å². The third-order valence-electron chi connectivity index (χ3n) is 5.57. The number of amides is 2. The van der Waals surface area contributed by atoms with E-state index in [0.717, 1.165) is 19.3 Å². The van der Waals surface area contributed by atoms with Gasteiger partial charge in [-0.15, -0.1) is 0 Å². The predicted molar refractivity (Wildman–Crippen MR) is 112 cm³/mol. The van der Waals surface area contributed by atoms with Crippen LogP contribution < -0.4 is 10.1 Å². The first-order valence-corrected chi connectivity index (χ1v) is 10.4. The Balaban J connectivity index is 1.63. The zero-order chi connectivity index (χ0) is 20.9. The summed E-state index contributed by atoms with van der Waals surface area (Å²) in [6, 6.07) is 8.66. The van der Waals surface area contributed by atoms with E-state index < -0.39 is 0 Å². The molecule has 2 aliphatic rings. The number of piperidine rings is 1. The summed E-state index contributed by atoms with van der Waals surface area (Å²) in [4.78, 5) is 36.5. The van der Waals surface area contributed by atoms with E-state index in [1.54, 1.807) is 25.3 Å². The van der Waals surface area contributed by atoms with Gasteiger partial charge in [-0.2, -0.15) is 0 Å². The van der Waals surface area contributed by atoms with Crippen LogP contribution >= 0.6 is 0 Å². The number of benzene rings is 1. The predicted octanol–water partition coefficient (Wildman–Crippen LogP) is 2.92. The molecule has 7 heteroatoms. The van der Waals surface area contributed by atoms with Gasteiger partial charge in [0.15, 0.2) is 0 Å². The van der Waals surface area contributed by atoms with Crippen LogP contribution in [0.25, 0.3) is 0 Å². The number of nitrogens with zero attached hydrogens (tertiary/aromatic N) is 3. The number of hydrogen-bond donors (Lipinski definition) is 1. The molecule has 2 atom stereocenters. The van der Waals surface area contributed by atoms with E-state index in [9.17, 15) is 9.59 Å². The van der Waals surface area contributed by atoms with Crippen LogP contribution in [0.2, 0.25) is 0 Å². The Kier molecular flexibility index (Phi) is 6.07. The van der Waals surface area contributed by atoms with Crippen molar-refractivity contribution < 1.29 is 14.3 Å². The van der Waals surface area contributed by atoms with Crippen LogP contribution in [-0.4, -0.2) is 51.9 Å². The van der Waals surface area contributed by atoms with E-state index in [1.807, 2.05) is 23.1 Å². The van der Waals surface area contributed by atoms with Crippen LogP contribution in [0.3, 0.4) is 0 Å². The Bertz CT molecular complexity index is 959. The lowest BCUT2D eigenvalue weighted by Crippen LogP contribution is -2.57. The number of aromatic nitrogens is 2. The number of fused-ring (bicyclic) bond motifs is 2. The van der Waals surface area contributed by atoms with Crippen molar-refractivity contribution in [3.8, 4) is 5.75 Å². The summed E-state index contributed by atoms with van der Waals surface area (Å²) in [5.74, 6) is 0.865. The van der Waals surface area contributed by atoms with Crippen LogP contribution in [0.1, 0.15) is 52.4 Å². The first-order valence-electron chi connectivity index (χ1n) is 10.4. The second-order valence-electron chi connectivity index (χ2n) is 7.62. The van der Waals surface area contributed by atoms with Crippen molar-refractivity contribution in [2.45, 2.75) is 44.7 Å². The maximum atomic E-state index is 13.2. The van der Waals surface area contributed by atoms with Gasteiger partial charge in [0.25, 0.3) is 11.8 Å². The van der Waals surface area contributed by atoms with Gasteiger partial charge in [-0.25, -0.2) is 9.97 Å². The SMILES string of the molecule is Cc1nccc(C(=O)N2CCC[C@@H]3NC(=O)c4ccccc4OCC/C=C/C[C@@H]32)n1. The summed E-state index contributed by atoms with van der Waals surface area (Å²) in [5, 5.41) is 3.16. The molecule has 0 unspecified atom stereocenters. The molecule has 0 bridgehead atoms. The molecule has 1 aromatic carbocycles. The minimum Gasteiger partial charge on any atom is -0.492 e. The van der Waals surface area contributed by atoms with Crippen LogP contribution in [0.5, 0.6) is 5.75 Å². The minimum atomic E-state index is -0.169. The first-order chi connectivity index (χ1) is 14.6. The highest BCUT2D eigenvalue weighted by atomic mass is 16.5. The maximum absolute atomic E-state index is 13.2. The minimum absolute atomic E-state index is 0.117. The second-order valence-corrected chi connectivity index (χ2v) is 7.62. The normalized spacial score (nSPS) is 23.0. The fourth-order valence-electron chi connectivity index (χ4n) is 4.11. The quantitative estimate of drug-likeness (QED) is 0.736. The Morgan fingerprint density at radius 2 is 2.10 bits per heavy atom. The highest BCUT2D eigenvalue weighted by molar-refractivity contribution is 5.97. The molecule has 1 fully saturated rings. The molecule has 0 spiro atoms. The molecular formula is C23H26N4O3. The maximum Gasteiger partial charge on any atom is 0.272 e. The van der Waals surface area contributed by atoms with Gasteiger partial charge < -0.3 is 15.0 Å². The van der Waals surface area contributed by atoms with Gasteiger partial charge in [0.05, 0.1) is 18.2 Å². The lowest BCUT2D eigenvalue weighted by Gasteiger charge is -2.41. The number of carbonyl (C=O) groups excluding carboxylic acids is 2. The van der Waals surface area contributed by atoms with E-state index >= 15 is 0 Å². The monoisotopic (exact) mass is 406 g/mol. The smallest absolute Gasteiger partial charge is 0.272 e. The Labute approximate surface area is 176 Å². The fraction of sp³-hybridized carbons (Fsp3) is 0.391. The molecule has 1 saturated heterocycles. The molecule has 0 saturated carbocycles. The Morgan fingerprint density at radius 3 is 2.97 bits per heavy atom. The highest BCUT2D eigenvalue weighted by Crippen LogP contribution is 2.25. The number of para-hydroxylation sites is 1. The average Bonchev–Trinajstić information content (AvgIpc) is 2.75. The second kappa shape index (κ2) is 9.07. The third kappa shape index (κ3) is 4.35. The number of aryl methyl sites for hydroxylation is 1. The summed E-state index contributed by atoms with van der Waals surface area (Å²) in [7, 11) is 0. The molecule has 1 aromatic heterocycles. The van der Waals surface area contributed by atoms with Gasteiger partial charge in [0.2, 0.25) is 0 Å². The van der Waals surface area contributed by atoms with Gasteiger partial charge in [0.1, 0.15) is 17.3 Å². The molecule has 2 aliphatic heterocycles. The molecule has 2 amide bonds. The van der Waals surface area contributed by atoms with E-state index in [1.165, 1.54) is 0 Å². The van der Waals surface area contributed by atoms with Gasteiger partial charge in [-0.05, 0) is 50.8 Å². The summed E-state index contributed by atoms with van der Waals surface area (Å²) in [6.07, 6.45) is 8.82. The molecule has 2 aromatic rings. The molecule has 156 valence electrons. The number of nitrogens with one attached hydrogen (secondary N) is 1. The van der Waals surface area contributed by atoms with Crippen molar-refractivity contribution in [1.29, 1.82) is 0 Å². The van der Waals surface area contributed by atoms with Gasteiger partial charge in [0, 0.05) is 18.8 Å². The molecule has 3 heterocycles. The number of likely N-dealkylation sites (tertiary alicyclic amines) is 1. The number of carbonyl (C=O) groups is 2. The topological polar surface area (TPSA) is 84.4 Å². The van der Waals surface area contributed by atoms with E-state index in [2.05, 4.69) is 27.4 Å². The molecule has 4 rings (SSSR count). The van der Waals surface area contributed by atoms with Crippen molar-refractivity contribution in [3.63, 3.8) is 0 Å². The van der Waals surface area contributed by atoms with Gasteiger partial charge in [-0.3, -0.25) is 9.59 Å². The number of ether oxygens (including phenoxy) is 1. The van der Waals surface area contributed by atoms with Crippen LogP contribution in [0.4, 0.5) is 0 Å². The van der Waals surface area contributed by atoms with E-state index in [4.69, 9.17) is 4.74 Å². The van der Waals surface area contributed by atoms with E-state index in [-0.39, 0.29) is 23.9 Å². The number of hydrogen-bond acceptors (Lipinski definition) is 5. The lowest BCUT2D eigenvalue weighted by molar-refractivity contribution is 0.0525. The van der Waals surface area contributed by atoms with Crippen LogP contribution in [-0.2, 0) is 0 Å². The molecule has 1 N–H and O–H groups in total. The standard InChI is InChI=1S/C23H26N4O3/c1-16-24-13-12-19(25-16)23(29)27-14-7-9-18-20(27)10-3-2-6-15-30-21-11-5-4-8-17(21)22(28)26-18/h2-5,8,11-13,18,20H,6-7,9-10,14-15H2,1H3,(H,26,28)/b3-2+/t18-,20-/m0/s1. The lowest BCUT2D eigenvalue weighted by atomic mass is 9.92. The van der Waals surface area contributed by atoms with Gasteiger partial charge >= 0.3 is 0 Å². The first kappa shape index (κ1) is 20.1. The molecule has 7 nitrogen and oxygen atoms in total.